The first-order valence-corrected chi connectivity index (χ1v) is 11.7. The molecule has 0 saturated carbocycles. The third kappa shape index (κ3) is 6.26. The number of benzene rings is 2. The van der Waals surface area contributed by atoms with Gasteiger partial charge in [-0.25, -0.2) is 22.3 Å². The largest absolute Gasteiger partial charge is 0.449 e. The van der Waals surface area contributed by atoms with E-state index < -0.39 is 33.8 Å². The highest BCUT2D eigenvalue weighted by Crippen LogP contribution is 2.24. The molecule has 2 aromatic carbocycles. The minimum Gasteiger partial charge on any atom is -0.449 e. The van der Waals surface area contributed by atoms with Gasteiger partial charge in [0.05, 0.1) is 16.7 Å². The van der Waals surface area contributed by atoms with Crippen LogP contribution in [0, 0.1) is 5.82 Å². The van der Waals surface area contributed by atoms with Gasteiger partial charge in [0.25, 0.3) is 5.91 Å². The van der Waals surface area contributed by atoms with Gasteiger partial charge in [0.15, 0.2) is 6.10 Å². The summed E-state index contributed by atoms with van der Waals surface area (Å²) in [5.74, 6) is -2.00. The summed E-state index contributed by atoms with van der Waals surface area (Å²) in [6.07, 6.45) is 0.208. The number of carbonyl (C=O) groups excluding carboxylic acids is 2. The third-order valence-corrected chi connectivity index (χ3v) is 6.65. The molecule has 172 valence electrons. The van der Waals surface area contributed by atoms with E-state index in [1.165, 1.54) is 43.3 Å². The quantitative estimate of drug-likeness (QED) is 0.557. The van der Waals surface area contributed by atoms with Crippen LogP contribution >= 0.6 is 11.6 Å². The number of sulfonamides is 1. The molecule has 0 aliphatic carbocycles. The van der Waals surface area contributed by atoms with Gasteiger partial charge in [-0.2, -0.15) is 0 Å². The number of anilines is 1. The molecule has 1 amide bonds. The maximum absolute atomic E-state index is 13.0. The van der Waals surface area contributed by atoms with Crippen LogP contribution in [0.5, 0.6) is 0 Å². The van der Waals surface area contributed by atoms with E-state index in [1.807, 2.05) is 0 Å². The van der Waals surface area contributed by atoms with Crippen molar-refractivity contribution in [3.8, 4) is 0 Å². The molecular weight excluding hydrogens is 463 g/mol. The molecule has 0 radical (unpaired) electrons. The van der Waals surface area contributed by atoms with Crippen LogP contribution in [0.25, 0.3) is 0 Å². The monoisotopic (exact) mass is 484 g/mol. The average molecular weight is 485 g/mol. The first kappa shape index (κ1) is 24.1. The van der Waals surface area contributed by atoms with E-state index >= 15 is 0 Å². The molecule has 0 bridgehead atoms. The number of halogens is 2. The highest BCUT2D eigenvalue weighted by molar-refractivity contribution is 7.89. The Bertz CT molecular complexity index is 1090. The van der Waals surface area contributed by atoms with Crippen molar-refractivity contribution in [1.82, 2.24) is 4.72 Å². The van der Waals surface area contributed by atoms with E-state index in [4.69, 9.17) is 21.1 Å². The molecule has 8 nitrogen and oxygen atoms in total. The van der Waals surface area contributed by atoms with Gasteiger partial charge in [-0.3, -0.25) is 4.79 Å². The molecule has 11 heteroatoms. The van der Waals surface area contributed by atoms with Crippen molar-refractivity contribution in [2.24, 2.45) is 0 Å². The zero-order chi connectivity index (χ0) is 23.3. The number of hydrogen-bond acceptors (Lipinski definition) is 6. The maximum atomic E-state index is 13.0. The summed E-state index contributed by atoms with van der Waals surface area (Å²) in [5.41, 5.74) is 0.241. The first-order chi connectivity index (χ1) is 15.2. The number of hydrogen-bond donors (Lipinski definition) is 2. The van der Waals surface area contributed by atoms with Crippen LogP contribution in [0.2, 0.25) is 5.02 Å². The number of amides is 1. The Labute approximate surface area is 190 Å². The molecule has 1 aliphatic rings. The van der Waals surface area contributed by atoms with E-state index in [0.717, 1.165) is 18.9 Å². The molecular formula is C21H22ClFN2O6S. The van der Waals surface area contributed by atoms with Gasteiger partial charge in [-0.1, -0.05) is 11.6 Å². The van der Waals surface area contributed by atoms with E-state index in [0.29, 0.717) is 12.3 Å². The Morgan fingerprint density at radius 2 is 1.97 bits per heavy atom. The summed E-state index contributed by atoms with van der Waals surface area (Å²) in [6.45, 7) is 2.03. The number of ether oxygens (including phenoxy) is 2. The number of esters is 1. The minimum atomic E-state index is -4.00. The molecule has 1 heterocycles. The second-order valence-electron chi connectivity index (χ2n) is 7.18. The van der Waals surface area contributed by atoms with Gasteiger partial charge in [-0.15, -0.1) is 0 Å². The predicted octanol–water partition coefficient (Wildman–Crippen LogP) is 3.12. The summed E-state index contributed by atoms with van der Waals surface area (Å²) < 4.78 is 51.2. The maximum Gasteiger partial charge on any atom is 0.338 e. The van der Waals surface area contributed by atoms with Crippen molar-refractivity contribution >= 4 is 39.2 Å². The predicted molar refractivity (Wildman–Crippen MR) is 116 cm³/mol. The second-order valence-corrected chi connectivity index (χ2v) is 9.32. The lowest BCUT2D eigenvalue weighted by Gasteiger charge is -2.15. The topological polar surface area (TPSA) is 111 Å². The van der Waals surface area contributed by atoms with Crippen molar-refractivity contribution in [3.05, 3.63) is 58.9 Å². The molecule has 3 rings (SSSR count). The van der Waals surface area contributed by atoms with Gasteiger partial charge in [0, 0.05) is 18.8 Å². The van der Waals surface area contributed by atoms with Gasteiger partial charge in [-0.05, 0) is 62.2 Å². The fourth-order valence-electron chi connectivity index (χ4n) is 2.98. The summed E-state index contributed by atoms with van der Waals surface area (Å²) in [4.78, 5) is 24.4. The summed E-state index contributed by atoms with van der Waals surface area (Å²) in [7, 11) is -4.00. The van der Waals surface area contributed by atoms with Crippen LogP contribution < -0.4 is 10.0 Å². The average Bonchev–Trinajstić information content (AvgIpc) is 3.28. The smallest absolute Gasteiger partial charge is 0.338 e. The number of nitrogens with one attached hydrogen (secondary N) is 2. The van der Waals surface area contributed by atoms with Crippen LogP contribution in [0.3, 0.4) is 0 Å². The number of rotatable bonds is 8. The Hall–Kier alpha value is -2.53. The molecule has 32 heavy (non-hydrogen) atoms. The van der Waals surface area contributed by atoms with Crippen LogP contribution in [-0.4, -0.2) is 45.7 Å². The lowest BCUT2D eigenvalue weighted by molar-refractivity contribution is -0.123. The molecule has 1 saturated heterocycles. The Balaban J connectivity index is 1.65. The molecule has 2 N–H and O–H groups in total. The lowest BCUT2D eigenvalue weighted by Crippen LogP contribution is -2.32. The molecule has 2 unspecified atom stereocenters. The van der Waals surface area contributed by atoms with E-state index in [-0.39, 0.29) is 28.1 Å². The molecule has 2 aromatic rings. The zero-order valence-corrected chi connectivity index (χ0v) is 18.7. The Kier molecular flexibility index (Phi) is 7.83. The lowest BCUT2D eigenvalue weighted by atomic mass is 10.2. The standard InChI is InChI=1S/C21H22ClFN2O6S/c1-13(20(26)25-16-7-5-15(23)6-8-16)31-21(27)14-4-9-18(22)19(11-14)32(28,29)24-12-17-3-2-10-30-17/h4-9,11,13,17,24H,2-3,10,12H2,1H3,(H,25,26). The van der Waals surface area contributed by atoms with Gasteiger partial charge in [0.1, 0.15) is 10.7 Å². The van der Waals surface area contributed by atoms with E-state index in [1.54, 1.807) is 0 Å². The van der Waals surface area contributed by atoms with Gasteiger partial charge in [0.2, 0.25) is 10.0 Å². The number of carbonyl (C=O) groups is 2. The summed E-state index contributed by atoms with van der Waals surface area (Å²) >= 11 is 6.05. The van der Waals surface area contributed by atoms with E-state index in [2.05, 4.69) is 10.0 Å². The normalized spacial score (nSPS) is 17.0. The van der Waals surface area contributed by atoms with Crippen LogP contribution in [0.1, 0.15) is 30.1 Å². The highest BCUT2D eigenvalue weighted by Gasteiger charge is 2.25. The third-order valence-electron chi connectivity index (χ3n) is 4.75. The SMILES string of the molecule is CC(OC(=O)c1ccc(Cl)c(S(=O)(=O)NCC2CCCO2)c1)C(=O)Nc1ccc(F)cc1. The summed E-state index contributed by atoms with van der Waals surface area (Å²) in [6, 6.07) is 8.73. The van der Waals surface area contributed by atoms with Crippen molar-refractivity contribution in [2.75, 3.05) is 18.5 Å². The van der Waals surface area contributed by atoms with Crippen molar-refractivity contribution < 1.29 is 31.9 Å². The van der Waals surface area contributed by atoms with Gasteiger partial charge < -0.3 is 14.8 Å². The molecule has 1 aliphatic heterocycles. The fraction of sp³-hybridized carbons (Fsp3) is 0.333. The molecule has 1 fully saturated rings. The molecule has 0 aromatic heterocycles. The van der Waals surface area contributed by atoms with Crippen molar-refractivity contribution in [2.45, 2.75) is 36.9 Å². The van der Waals surface area contributed by atoms with Crippen molar-refractivity contribution in [3.63, 3.8) is 0 Å². The molecule has 0 spiro atoms. The summed E-state index contributed by atoms with van der Waals surface area (Å²) in [5, 5.41) is 2.43. The van der Waals surface area contributed by atoms with Crippen LogP contribution in [0.15, 0.2) is 47.4 Å². The van der Waals surface area contributed by atoms with E-state index in [9.17, 15) is 22.4 Å². The minimum absolute atomic E-state index is 0.0662. The van der Waals surface area contributed by atoms with Crippen molar-refractivity contribution in [1.29, 1.82) is 0 Å². The fourth-order valence-corrected chi connectivity index (χ4v) is 4.57. The van der Waals surface area contributed by atoms with Crippen LogP contribution in [0.4, 0.5) is 10.1 Å². The second kappa shape index (κ2) is 10.4. The van der Waals surface area contributed by atoms with Crippen LogP contribution in [-0.2, 0) is 24.3 Å². The highest BCUT2D eigenvalue weighted by atomic mass is 35.5. The zero-order valence-electron chi connectivity index (χ0n) is 17.1. The Morgan fingerprint density at radius 3 is 2.62 bits per heavy atom. The first-order valence-electron chi connectivity index (χ1n) is 9.84. The molecule has 2 atom stereocenters. The van der Waals surface area contributed by atoms with Gasteiger partial charge >= 0.3 is 5.97 Å². The Morgan fingerprint density at radius 1 is 1.25 bits per heavy atom.